The highest BCUT2D eigenvalue weighted by Crippen LogP contribution is 2.45. The zero-order valence-corrected chi connectivity index (χ0v) is 19.3. The van der Waals surface area contributed by atoms with Crippen LogP contribution in [-0.4, -0.2) is 26.1 Å². The van der Waals surface area contributed by atoms with Crippen LogP contribution in [0.3, 0.4) is 0 Å². The average Bonchev–Trinajstić information content (AvgIpc) is 3.64. The molecular weight excluding hydrogens is 454 g/mol. The fourth-order valence-corrected chi connectivity index (χ4v) is 4.67. The third-order valence-corrected chi connectivity index (χ3v) is 6.35. The number of phenolic OH excluding ortho intramolecular Hbond substituents is 1. The number of aromatic hydroxyl groups is 1. The topological polar surface area (TPSA) is 91.6 Å². The maximum Gasteiger partial charge on any atom is 0.273 e. The van der Waals surface area contributed by atoms with E-state index in [1.54, 1.807) is 35.4 Å². The number of hydrogen-bond acceptors (Lipinski definition) is 5. The van der Waals surface area contributed by atoms with Crippen molar-refractivity contribution in [1.82, 2.24) is 15.1 Å². The van der Waals surface area contributed by atoms with E-state index in [0.29, 0.717) is 40.6 Å². The Morgan fingerprint density at radius 3 is 2.61 bits per heavy atom. The van der Waals surface area contributed by atoms with Gasteiger partial charge in [0.05, 0.1) is 18.8 Å². The van der Waals surface area contributed by atoms with E-state index in [1.807, 2.05) is 66.7 Å². The van der Waals surface area contributed by atoms with E-state index in [0.717, 1.165) is 11.1 Å². The van der Waals surface area contributed by atoms with Crippen molar-refractivity contribution in [1.29, 1.82) is 0 Å². The summed E-state index contributed by atoms with van der Waals surface area (Å²) < 4.78 is 11.6. The summed E-state index contributed by atoms with van der Waals surface area (Å²) in [6.07, 6.45) is 1.59. The lowest BCUT2D eigenvalue weighted by molar-refractivity contribution is 0.0716. The molecule has 0 radical (unpaired) electrons. The number of ether oxygens (including phenoxy) is 1. The first kappa shape index (κ1) is 21.7. The number of furan rings is 1. The van der Waals surface area contributed by atoms with Crippen LogP contribution in [0.15, 0.2) is 102 Å². The number of hydrogen-bond donors (Lipinski definition) is 2. The number of nitrogens with zero attached hydrogens (tertiary/aromatic N) is 2. The second kappa shape index (κ2) is 9.11. The molecule has 0 spiro atoms. The number of nitrogens with one attached hydrogen (secondary N) is 1. The Labute approximate surface area is 207 Å². The van der Waals surface area contributed by atoms with Gasteiger partial charge in [0, 0.05) is 11.1 Å². The van der Waals surface area contributed by atoms with Crippen molar-refractivity contribution in [2.45, 2.75) is 19.2 Å². The molecule has 6 rings (SSSR count). The van der Waals surface area contributed by atoms with Gasteiger partial charge in [-0.1, -0.05) is 54.6 Å². The summed E-state index contributed by atoms with van der Waals surface area (Å²) in [5.41, 5.74) is 4.16. The number of amides is 1. The number of H-pyrrole nitrogens is 1. The molecule has 178 valence electrons. The lowest BCUT2D eigenvalue weighted by Crippen LogP contribution is -2.29. The zero-order valence-electron chi connectivity index (χ0n) is 19.3. The normalized spacial score (nSPS) is 14.7. The third-order valence-electron chi connectivity index (χ3n) is 6.35. The smallest absolute Gasteiger partial charge is 0.273 e. The van der Waals surface area contributed by atoms with Gasteiger partial charge >= 0.3 is 0 Å². The molecule has 3 aromatic carbocycles. The molecule has 0 aliphatic carbocycles. The van der Waals surface area contributed by atoms with Crippen LogP contribution in [0.5, 0.6) is 11.5 Å². The molecule has 0 saturated heterocycles. The lowest BCUT2D eigenvalue weighted by atomic mass is 9.95. The Morgan fingerprint density at radius 2 is 1.81 bits per heavy atom. The highest BCUT2D eigenvalue weighted by atomic mass is 16.5. The van der Waals surface area contributed by atoms with Crippen molar-refractivity contribution in [2.75, 3.05) is 0 Å². The van der Waals surface area contributed by atoms with Crippen molar-refractivity contribution < 1.29 is 19.1 Å². The van der Waals surface area contributed by atoms with E-state index < -0.39 is 6.04 Å². The molecule has 0 bridgehead atoms. The quantitative estimate of drug-likeness (QED) is 0.314. The fraction of sp³-hybridized carbons (Fsp3) is 0.103. The average molecular weight is 478 g/mol. The minimum absolute atomic E-state index is 0.0995. The van der Waals surface area contributed by atoms with Crippen LogP contribution in [0.25, 0.3) is 11.3 Å². The summed E-state index contributed by atoms with van der Waals surface area (Å²) >= 11 is 0. The Kier molecular flexibility index (Phi) is 5.50. The first-order valence-electron chi connectivity index (χ1n) is 11.7. The molecule has 0 saturated carbocycles. The van der Waals surface area contributed by atoms with E-state index in [-0.39, 0.29) is 18.2 Å². The van der Waals surface area contributed by atoms with Gasteiger partial charge < -0.3 is 19.2 Å². The number of aromatic nitrogens is 2. The summed E-state index contributed by atoms with van der Waals surface area (Å²) in [4.78, 5) is 15.3. The van der Waals surface area contributed by atoms with Gasteiger partial charge in [-0.2, -0.15) is 5.10 Å². The van der Waals surface area contributed by atoms with Crippen LogP contribution < -0.4 is 4.74 Å². The number of rotatable bonds is 7. The van der Waals surface area contributed by atoms with Gasteiger partial charge in [0.1, 0.15) is 35.3 Å². The van der Waals surface area contributed by atoms with Crippen LogP contribution in [0, 0.1) is 0 Å². The molecule has 3 heterocycles. The second-order valence-electron chi connectivity index (χ2n) is 8.64. The first-order chi connectivity index (χ1) is 17.7. The first-order valence-corrected chi connectivity index (χ1v) is 11.7. The van der Waals surface area contributed by atoms with E-state index in [4.69, 9.17) is 9.15 Å². The molecule has 36 heavy (non-hydrogen) atoms. The van der Waals surface area contributed by atoms with Gasteiger partial charge in [0.2, 0.25) is 0 Å². The largest absolute Gasteiger partial charge is 0.507 e. The number of phenols is 1. The van der Waals surface area contributed by atoms with Crippen molar-refractivity contribution in [3.8, 4) is 22.8 Å². The highest BCUT2D eigenvalue weighted by molar-refractivity contribution is 6.00. The fourth-order valence-electron chi connectivity index (χ4n) is 4.67. The Balaban J connectivity index is 1.41. The monoisotopic (exact) mass is 477 g/mol. The van der Waals surface area contributed by atoms with Crippen LogP contribution >= 0.6 is 0 Å². The summed E-state index contributed by atoms with van der Waals surface area (Å²) in [6, 6.07) is 27.9. The number of benzene rings is 3. The highest BCUT2D eigenvalue weighted by Gasteiger charge is 2.43. The van der Waals surface area contributed by atoms with Crippen molar-refractivity contribution in [3.05, 3.63) is 125 Å². The van der Waals surface area contributed by atoms with E-state index in [2.05, 4.69) is 10.2 Å². The second-order valence-corrected chi connectivity index (χ2v) is 8.64. The summed E-state index contributed by atoms with van der Waals surface area (Å²) in [6.45, 7) is 0.721. The van der Waals surface area contributed by atoms with E-state index >= 15 is 0 Å². The van der Waals surface area contributed by atoms with Gasteiger partial charge in [-0.3, -0.25) is 9.89 Å². The summed E-state index contributed by atoms with van der Waals surface area (Å²) in [7, 11) is 0. The molecule has 1 amide bonds. The number of para-hydroxylation sites is 1. The zero-order chi connectivity index (χ0) is 24.5. The van der Waals surface area contributed by atoms with Crippen LogP contribution in [0.4, 0.5) is 0 Å². The van der Waals surface area contributed by atoms with Gasteiger partial charge in [-0.05, 0) is 47.5 Å². The lowest BCUT2D eigenvalue weighted by Gasteiger charge is -2.26. The molecule has 1 aliphatic rings. The van der Waals surface area contributed by atoms with Gasteiger partial charge in [0.25, 0.3) is 5.91 Å². The molecule has 1 atom stereocenters. The van der Waals surface area contributed by atoms with Crippen LogP contribution in [-0.2, 0) is 13.2 Å². The Bertz CT molecular complexity index is 1510. The standard InChI is InChI=1S/C29H23N3O4/c33-24-14-5-4-13-23(24)26-25-27(31-30-26)29(34)32(17-22-12-7-15-35-22)28(25)20-10-6-11-21(16-20)36-18-19-8-2-1-3-9-19/h1-16,28,33H,17-18H2,(H,30,31)/t28-/m1/s1. The third kappa shape index (κ3) is 3.90. The van der Waals surface area contributed by atoms with Crippen molar-refractivity contribution >= 4 is 5.91 Å². The predicted molar refractivity (Wildman–Crippen MR) is 133 cm³/mol. The molecular formula is C29H23N3O4. The van der Waals surface area contributed by atoms with Gasteiger partial charge in [0.15, 0.2) is 0 Å². The molecule has 7 heteroatoms. The van der Waals surface area contributed by atoms with E-state index in [9.17, 15) is 9.90 Å². The number of carbonyl (C=O) groups excluding carboxylic acids is 1. The predicted octanol–water partition coefficient (Wildman–Crippen LogP) is 5.70. The van der Waals surface area contributed by atoms with E-state index in [1.165, 1.54) is 0 Å². The maximum atomic E-state index is 13.6. The summed E-state index contributed by atoms with van der Waals surface area (Å²) in [5, 5.41) is 17.9. The molecule has 1 aliphatic heterocycles. The molecule has 0 fully saturated rings. The molecule has 2 aromatic heterocycles. The van der Waals surface area contributed by atoms with Crippen molar-refractivity contribution in [3.63, 3.8) is 0 Å². The number of aromatic amines is 1. The van der Waals surface area contributed by atoms with Gasteiger partial charge in [-0.25, -0.2) is 0 Å². The summed E-state index contributed by atoms with van der Waals surface area (Å²) in [5.74, 6) is 1.29. The van der Waals surface area contributed by atoms with Crippen molar-refractivity contribution in [2.24, 2.45) is 0 Å². The Morgan fingerprint density at radius 1 is 0.972 bits per heavy atom. The Hall–Kier alpha value is -4.78. The molecule has 5 aromatic rings. The minimum atomic E-state index is -0.453. The maximum absolute atomic E-state index is 13.6. The molecule has 2 N–H and O–H groups in total. The van der Waals surface area contributed by atoms with Crippen LogP contribution in [0.2, 0.25) is 0 Å². The van der Waals surface area contributed by atoms with Crippen LogP contribution in [0.1, 0.15) is 39.0 Å². The van der Waals surface area contributed by atoms with Gasteiger partial charge in [-0.15, -0.1) is 0 Å². The SMILES string of the molecule is O=C1c2[nH]nc(-c3ccccc3O)c2[C@@H](c2cccc(OCc3ccccc3)c2)N1Cc1ccco1. The molecule has 7 nitrogen and oxygen atoms in total. The number of fused-ring (bicyclic) bond motifs is 1. The number of carbonyl (C=O) groups is 1. The minimum Gasteiger partial charge on any atom is -0.507 e. The molecule has 0 unspecified atom stereocenters.